The first-order valence-corrected chi connectivity index (χ1v) is 3.71. The van der Waals surface area contributed by atoms with Crippen LogP contribution >= 0.6 is 0 Å². The van der Waals surface area contributed by atoms with Crippen LogP contribution in [0.3, 0.4) is 0 Å². The fraction of sp³-hybridized carbons (Fsp3) is 0.375. The van der Waals surface area contributed by atoms with Gasteiger partial charge in [-0.15, -0.1) is 0 Å². The third-order valence-electron chi connectivity index (χ3n) is 1.66. The maximum atomic E-state index is 5.75. The molecule has 1 heterocycles. The Morgan fingerprint density at radius 1 is 1.64 bits per heavy atom. The van der Waals surface area contributed by atoms with Gasteiger partial charge in [0.15, 0.2) is 0 Å². The lowest BCUT2D eigenvalue weighted by Crippen LogP contribution is -2.12. The fourth-order valence-corrected chi connectivity index (χ4v) is 0.933. The van der Waals surface area contributed by atoms with Crippen LogP contribution in [0.4, 0.5) is 5.69 Å². The minimum atomic E-state index is -0.0313. The molecule has 0 unspecified atom stereocenters. The summed E-state index contributed by atoms with van der Waals surface area (Å²) in [6.07, 6.45) is 2.57. The van der Waals surface area contributed by atoms with E-state index in [4.69, 9.17) is 11.5 Å². The molecule has 0 saturated carbocycles. The normalized spacial score (nSPS) is 12.9. The van der Waals surface area contributed by atoms with Crippen molar-refractivity contribution in [3.63, 3.8) is 0 Å². The van der Waals surface area contributed by atoms with Crippen LogP contribution in [0, 0.1) is 0 Å². The number of pyridine rings is 1. The zero-order valence-electron chi connectivity index (χ0n) is 6.62. The molecule has 1 rings (SSSR count). The highest BCUT2D eigenvalue weighted by Crippen LogP contribution is 2.16. The van der Waals surface area contributed by atoms with Crippen LogP contribution in [0.2, 0.25) is 0 Å². The van der Waals surface area contributed by atoms with Crippen molar-refractivity contribution < 1.29 is 0 Å². The van der Waals surface area contributed by atoms with Crippen molar-refractivity contribution in [2.24, 2.45) is 5.73 Å². The Hall–Kier alpha value is -1.09. The van der Waals surface area contributed by atoms with Gasteiger partial charge >= 0.3 is 0 Å². The molecule has 0 aliphatic carbocycles. The number of hydrogen-bond donors (Lipinski definition) is 2. The largest absolute Gasteiger partial charge is 0.397 e. The molecule has 0 fully saturated rings. The molecular formula is C8H13N3. The molecule has 60 valence electrons. The second-order valence-corrected chi connectivity index (χ2v) is 2.49. The van der Waals surface area contributed by atoms with Gasteiger partial charge in [-0.25, -0.2) is 0 Å². The SMILES string of the molecule is CC[C@H](N)c1ncccc1N. The average molecular weight is 151 g/mol. The number of nitrogens with zero attached hydrogens (tertiary/aromatic N) is 1. The van der Waals surface area contributed by atoms with Gasteiger partial charge in [-0.05, 0) is 18.6 Å². The topological polar surface area (TPSA) is 64.9 Å². The fourth-order valence-electron chi connectivity index (χ4n) is 0.933. The van der Waals surface area contributed by atoms with Gasteiger partial charge in [0.1, 0.15) is 0 Å². The van der Waals surface area contributed by atoms with E-state index in [0.717, 1.165) is 12.1 Å². The molecule has 3 heteroatoms. The monoisotopic (exact) mass is 151 g/mol. The first-order chi connectivity index (χ1) is 5.25. The van der Waals surface area contributed by atoms with Gasteiger partial charge in [0, 0.05) is 12.2 Å². The van der Waals surface area contributed by atoms with Gasteiger partial charge < -0.3 is 11.5 Å². The van der Waals surface area contributed by atoms with Crippen molar-refractivity contribution in [1.29, 1.82) is 0 Å². The van der Waals surface area contributed by atoms with Crippen LogP contribution in [-0.4, -0.2) is 4.98 Å². The van der Waals surface area contributed by atoms with Gasteiger partial charge in [-0.2, -0.15) is 0 Å². The van der Waals surface area contributed by atoms with Crippen LogP contribution in [0.5, 0.6) is 0 Å². The maximum Gasteiger partial charge on any atom is 0.0799 e. The van der Waals surface area contributed by atoms with E-state index < -0.39 is 0 Å². The molecule has 1 atom stereocenters. The quantitative estimate of drug-likeness (QED) is 0.664. The highest BCUT2D eigenvalue weighted by molar-refractivity contribution is 5.43. The van der Waals surface area contributed by atoms with Crippen molar-refractivity contribution in [2.75, 3.05) is 5.73 Å². The number of rotatable bonds is 2. The van der Waals surface area contributed by atoms with Crippen LogP contribution < -0.4 is 11.5 Å². The minimum Gasteiger partial charge on any atom is -0.397 e. The van der Waals surface area contributed by atoms with Gasteiger partial charge in [0.05, 0.1) is 11.4 Å². The summed E-state index contributed by atoms with van der Waals surface area (Å²) >= 11 is 0. The van der Waals surface area contributed by atoms with Crippen molar-refractivity contribution in [3.8, 4) is 0 Å². The second-order valence-electron chi connectivity index (χ2n) is 2.49. The first kappa shape index (κ1) is 8.01. The Morgan fingerprint density at radius 2 is 2.36 bits per heavy atom. The summed E-state index contributed by atoms with van der Waals surface area (Å²) in [7, 11) is 0. The Morgan fingerprint density at radius 3 is 2.91 bits per heavy atom. The molecule has 0 aliphatic heterocycles. The Kier molecular flexibility index (Phi) is 2.44. The Bertz CT molecular complexity index is 235. The van der Waals surface area contributed by atoms with Crippen molar-refractivity contribution in [2.45, 2.75) is 19.4 Å². The number of nitrogens with two attached hydrogens (primary N) is 2. The molecule has 4 N–H and O–H groups in total. The summed E-state index contributed by atoms with van der Waals surface area (Å²) in [5.74, 6) is 0. The highest BCUT2D eigenvalue weighted by atomic mass is 14.8. The second kappa shape index (κ2) is 3.34. The molecular weight excluding hydrogens is 138 g/mol. The molecule has 0 aromatic carbocycles. The predicted molar refractivity (Wildman–Crippen MR) is 45.9 cm³/mol. The first-order valence-electron chi connectivity index (χ1n) is 3.71. The van der Waals surface area contributed by atoms with E-state index in [1.165, 1.54) is 0 Å². The zero-order chi connectivity index (χ0) is 8.27. The zero-order valence-corrected chi connectivity index (χ0v) is 6.62. The molecule has 0 amide bonds. The molecule has 11 heavy (non-hydrogen) atoms. The van der Waals surface area contributed by atoms with Crippen molar-refractivity contribution in [1.82, 2.24) is 4.98 Å². The number of aromatic nitrogens is 1. The van der Waals surface area contributed by atoms with Crippen LogP contribution in [0.1, 0.15) is 25.1 Å². The Labute approximate surface area is 66.4 Å². The van der Waals surface area contributed by atoms with E-state index in [9.17, 15) is 0 Å². The summed E-state index contributed by atoms with van der Waals surface area (Å²) < 4.78 is 0. The number of nitrogen functional groups attached to an aromatic ring is 1. The van der Waals surface area contributed by atoms with E-state index in [1.54, 1.807) is 12.3 Å². The van der Waals surface area contributed by atoms with E-state index in [-0.39, 0.29) is 6.04 Å². The van der Waals surface area contributed by atoms with Gasteiger partial charge in [0.2, 0.25) is 0 Å². The third-order valence-corrected chi connectivity index (χ3v) is 1.66. The van der Waals surface area contributed by atoms with E-state index in [2.05, 4.69) is 4.98 Å². The summed E-state index contributed by atoms with van der Waals surface area (Å²) in [4.78, 5) is 4.10. The summed E-state index contributed by atoms with van der Waals surface area (Å²) in [5, 5.41) is 0. The third kappa shape index (κ3) is 1.68. The van der Waals surface area contributed by atoms with E-state index in [0.29, 0.717) is 5.69 Å². The lowest BCUT2D eigenvalue weighted by Gasteiger charge is -2.09. The molecule has 1 aromatic rings. The van der Waals surface area contributed by atoms with E-state index in [1.807, 2.05) is 13.0 Å². The lowest BCUT2D eigenvalue weighted by atomic mass is 10.1. The molecule has 0 saturated heterocycles. The van der Waals surface area contributed by atoms with Crippen LogP contribution in [0.25, 0.3) is 0 Å². The molecule has 3 nitrogen and oxygen atoms in total. The van der Waals surface area contributed by atoms with Crippen molar-refractivity contribution >= 4 is 5.69 Å². The summed E-state index contributed by atoms with van der Waals surface area (Å²) in [6.45, 7) is 2.01. The molecule has 0 radical (unpaired) electrons. The summed E-state index contributed by atoms with van der Waals surface area (Å²) in [6, 6.07) is 3.59. The maximum absolute atomic E-state index is 5.75. The molecule has 0 bridgehead atoms. The van der Waals surface area contributed by atoms with Crippen LogP contribution in [-0.2, 0) is 0 Å². The minimum absolute atomic E-state index is 0.0313. The predicted octanol–water partition coefficient (Wildman–Crippen LogP) is 1.07. The van der Waals surface area contributed by atoms with Gasteiger partial charge in [-0.3, -0.25) is 4.98 Å². The Balaban J connectivity index is 2.93. The van der Waals surface area contributed by atoms with Crippen molar-refractivity contribution in [3.05, 3.63) is 24.0 Å². The summed E-state index contributed by atoms with van der Waals surface area (Å²) in [5.41, 5.74) is 12.9. The standard InChI is InChI=1S/C8H13N3/c1-2-6(9)8-7(10)4-3-5-11-8/h3-6H,2,9-10H2,1H3/t6-/m0/s1. The van der Waals surface area contributed by atoms with Gasteiger partial charge in [-0.1, -0.05) is 6.92 Å². The average Bonchev–Trinajstić information content (AvgIpc) is 2.04. The highest BCUT2D eigenvalue weighted by Gasteiger charge is 2.06. The molecule has 0 aliphatic rings. The van der Waals surface area contributed by atoms with E-state index >= 15 is 0 Å². The molecule has 1 aromatic heterocycles. The number of hydrogen-bond acceptors (Lipinski definition) is 3. The van der Waals surface area contributed by atoms with Gasteiger partial charge in [0.25, 0.3) is 0 Å². The molecule has 0 spiro atoms. The smallest absolute Gasteiger partial charge is 0.0799 e. The lowest BCUT2D eigenvalue weighted by molar-refractivity contribution is 0.678. The van der Waals surface area contributed by atoms with Crippen LogP contribution in [0.15, 0.2) is 18.3 Å². The number of anilines is 1.